The number of hydrogen-bond donors (Lipinski definition) is 2. The van der Waals surface area contributed by atoms with Gasteiger partial charge in [-0.15, -0.1) is 11.3 Å². The summed E-state index contributed by atoms with van der Waals surface area (Å²) in [6.45, 7) is 2.19. The van der Waals surface area contributed by atoms with Crippen LogP contribution < -0.4 is 16.4 Å². The molecule has 19 heavy (non-hydrogen) atoms. The minimum absolute atomic E-state index is 0.423. The Morgan fingerprint density at radius 3 is 2.84 bits per heavy atom. The number of aromatic nitrogens is 1. The molecule has 6 heteroatoms. The Morgan fingerprint density at radius 2 is 2.16 bits per heavy atom. The molecule has 0 radical (unpaired) electrons. The molecule has 5 rings (SSSR count). The summed E-state index contributed by atoms with van der Waals surface area (Å²) in [7, 11) is 0. The van der Waals surface area contributed by atoms with Gasteiger partial charge >= 0.3 is 0 Å². The van der Waals surface area contributed by atoms with Crippen LogP contribution in [0.5, 0.6) is 0 Å². The summed E-state index contributed by atoms with van der Waals surface area (Å²) >= 11 is 1.30. The molecule has 5 heterocycles. The number of anilines is 2. The monoisotopic (exact) mass is 274 g/mol. The highest BCUT2D eigenvalue weighted by atomic mass is 32.1. The smallest absolute Gasteiger partial charge is 0.260 e. The average molecular weight is 274 g/mol. The van der Waals surface area contributed by atoms with Gasteiger partial charge in [-0.25, -0.2) is 4.98 Å². The van der Waals surface area contributed by atoms with E-state index in [-0.39, 0.29) is 0 Å². The van der Waals surface area contributed by atoms with Gasteiger partial charge in [-0.2, -0.15) is 0 Å². The third-order valence-corrected chi connectivity index (χ3v) is 5.31. The summed E-state index contributed by atoms with van der Waals surface area (Å²) in [5, 5.41) is 0.866. The Bertz CT molecular complexity index is 700. The van der Waals surface area contributed by atoms with E-state index in [2.05, 4.69) is 11.0 Å². The fourth-order valence-corrected chi connectivity index (χ4v) is 4.11. The van der Waals surface area contributed by atoms with Crippen molar-refractivity contribution in [3.05, 3.63) is 16.6 Å². The second-order valence-electron chi connectivity index (χ2n) is 5.22. The highest BCUT2D eigenvalue weighted by Gasteiger charge is 2.33. The number of pyridine rings is 1. The maximum Gasteiger partial charge on any atom is 0.260 e. The molecule has 1 saturated heterocycles. The van der Waals surface area contributed by atoms with E-state index in [4.69, 9.17) is 16.5 Å². The molecule has 3 aliphatic rings. The number of hydrogen-bond acceptors (Lipinski definition) is 5. The van der Waals surface area contributed by atoms with Crippen LogP contribution in [0.4, 0.5) is 11.4 Å². The van der Waals surface area contributed by atoms with Gasteiger partial charge in [0, 0.05) is 24.4 Å². The van der Waals surface area contributed by atoms with Crippen molar-refractivity contribution in [1.29, 1.82) is 0 Å². The van der Waals surface area contributed by atoms with Gasteiger partial charge in [0.2, 0.25) is 0 Å². The van der Waals surface area contributed by atoms with Gasteiger partial charge in [-0.1, -0.05) is 0 Å². The van der Waals surface area contributed by atoms with Crippen molar-refractivity contribution in [2.75, 3.05) is 23.7 Å². The van der Waals surface area contributed by atoms with E-state index in [1.54, 1.807) is 0 Å². The fourth-order valence-electron chi connectivity index (χ4n) is 3.17. The van der Waals surface area contributed by atoms with Gasteiger partial charge in [0.15, 0.2) is 0 Å². The van der Waals surface area contributed by atoms with Gasteiger partial charge in [0.1, 0.15) is 9.71 Å². The summed E-state index contributed by atoms with van der Waals surface area (Å²) < 4.78 is 0. The van der Waals surface area contributed by atoms with Crippen molar-refractivity contribution in [3.63, 3.8) is 0 Å². The minimum atomic E-state index is -0.471. The molecule has 4 N–H and O–H groups in total. The third kappa shape index (κ3) is 1.40. The molecule has 0 spiro atoms. The molecule has 0 aliphatic carbocycles. The second-order valence-corrected chi connectivity index (χ2v) is 6.21. The van der Waals surface area contributed by atoms with Crippen LogP contribution in [0.1, 0.15) is 34.1 Å². The van der Waals surface area contributed by atoms with Crippen molar-refractivity contribution >= 4 is 38.8 Å². The van der Waals surface area contributed by atoms with E-state index in [1.807, 2.05) is 0 Å². The van der Waals surface area contributed by atoms with Gasteiger partial charge in [0.05, 0.1) is 17.1 Å². The summed E-state index contributed by atoms with van der Waals surface area (Å²) in [5.74, 6) is 0.0894. The maximum atomic E-state index is 11.4. The van der Waals surface area contributed by atoms with Crippen LogP contribution in [0.3, 0.4) is 0 Å². The first-order valence-corrected chi connectivity index (χ1v) is 7.24. The molecule has 2 aromatic heterocycles. The molecule has 1 fully saturated rings. The number of nitrogens with two attached hydrogens (primary N) is 2. The molecule has 0 atom stereocenters. The Labute approximate surface area is 114 Å². The van der Waals surface area contributed by atoms with Crippen molar-refractivity contribution in [1.82, 2.24) is 4.98 Å². The number of carbonyl (C=O) groups excluding carboxylic acids is 1. The standard InChI is InChI=1S/C13H14N4OS/c14-9-7-5-8-10(6-1-3-17(8)4-2-6)16-13(7)19-11(9)12(15)18/h5-6H,1-4,14H2,(H2,15,18). The zero-order chi connectivity index (χ0) is 13.1. The molecule has 2 bridgehead atoms. The van der Waals surface area contributed by atoms with Crippen LogP contribution in [0.15, 0.2) is 6.07 Å². The zero-order valence-electron chi connectivity index (χ0n) is 10.3. The van der Waals surface area contributed by atoms with Crippen LogP contribution >= 0.6 is 11.3 Å². The molecule has 2 aromatic rings. The van der Waals surface area contributed by atoms with E-state index in [0.717, 1.165) is 23.3 Å². The highest BCUT2D eigenvalue weighted by Crippen LogP contribution is 2.44. The second kappa shape index (κ2) is 3.60. The first-order chi connectivity index (χ1) is 9.15. The fraction of sp³-hybridized carbons (Fsp3) is 0.385. The lowest BCUT2D eigenvalue weighted by atomic mass is 9.86. The van der Waals surface area contributed by atoms with E-state index >= 15 is 0 Å². The third-order valence-electron chi connectivity index (χ3n) is 4.18. The normalized spacial score (nSPS) is 18.0. The van der Waals surface area contributed by atoms with E-state index in [0.29, 0.717) is 16.5 Å². The lowest BCUT2D eigenvalue weighted by Gasteiger charge is -2.41. The van der Waals surface area contributed by atoms with E-state index in [1.165, 1.54) is 35.6 Å². The van der Waals surface area contributed by atoms with Crippen molar-refractivity contribution in [3.8, 4) is 0 Å². The average Bonchev–Trinajstić information content (AvgIpc) is 2.75. The number of nitrogens with zero attached hydrogens (tertiary/aromatic N) is 2. The van der Waals surface area contributed by atoms with Crippen molar-refractivity contribution < 1.29 is 4.79 Å². The predicted molar refractivity (Wildman–Crippen MR) is 76.7 cm³/mol. The molecule has 0 unspecified atom stereocenters. The molecule has 5 nitrogen and oxygen atoms in total. The predicted octanol–water partition coefficient (Wildman–Crippen LogP) is 1.67. The Kier molecular flexibility index (Phi) is 2.09. The molecule has 1 amide bonds. The first-order valence-electron chi connectivity index (χ1n) is 6.43. The van der Waals surface area contributed by atoms with E-state index in [9.17, 15) is 4.79 Å². The minimum Gasteiger partial charge on any atom is -0.397 e. The number of primary amides is 1. The number of rotatable bonds is 1. The Morgan fingerprint density at radius 1 is 1.42 bits per heavy atom. The lowest BCUT2D eigenvalue weighted by molar-refractivity contribution is 0.100. The number of piperidine rings is 1. The van der Waals surface area contributed by atoms with Gasteiger partial charge in [0.25, 0.3) is 5.91 Å². The largest absolute Gasteiger partial charge is 0.397 e. The number of amides is 1. The quantitative estimate of drug-likeness (QED) is 0.828. The Hall–Kier alpha value is -1.82. The topological polar surface area (TPSA) is 85.2 Å². The Balaban J connectivity index is 2.00. The SMILES string of the molecule is NC(=O)c1sc2nc3c(cc2c1N)N1CCC3CC1. The molecule has 0 aromatic carbocycles. The molecule has 0 saturated carbocycles. The van der Waals surface area contributed by atoms with Gasteiger partial charge in [-0.05, 0) is 18.9 Å². The van der Waals surface area contributed by atoms with Crippen LogP contribution in [0.25, 0.3) is 10.2 Å². The number of nitrogen functional groups attached to an aromatic ring is 1. The lowest BCUT2D eigenvalue weighted by Crippen LogP contribution is -2.39. The van der Waals surface area contributed by atoms with Crippen molar-refractivity contribution in [2.24, 2.45) is 5.73 Å². The van der Waals surface area contributed by atoms with Gasteiger partial charge < -0.3 is 16.4 Å². The molecular formula is C13H14N4OS. The number of thiophene rings is 1. The van der Waals surface area contributed by atoms with Crippen LogP contribution in [0.2, 0.25) is 0 Å². The van der Waals surface area contributed by atoms with Crippen LogP contribution in [-0.4, -0.2) is 24.0 Å². The van der Waals surface area contributed by atoms with Gasteiger partial charge in [-0.3, -0.25) is 4.79 Å². The number of carbonyl (C=O) groups is 1. The van der Waals surface area contributed by atoms with Crippen molar-refractivity contribution in [2.45, 2.75) is 18.8 Å². The molecular weight excluding hydrogens is 260 g/mol. The highest BCUT2D eigenvalue weighted by molar-refractivity contribution is 7.21. The van der Waals surface area contributed by atoms with Crippen LogP contribution in [-0.2, 0) is 0 Å². The molecule has 98 valence electrons. The summed E-state index contributed by atoms with van der Waals surface area (Å²) in [5.41, 5.74) is 14.2. The summed E-state index contributed by atoms with van der Waals surface area (Å²) in [6.07, 6.45) is 2.35. The van der Waals surface area contributed by atoms with E-state index < -0.39 is 5.91 Å². The number of fused-ring (bicyclic) bond motifs is 3. The summed E-state index contributed by atoms with van der Waals surface area (Å²) in [4.78, 5) is 19.7. The zero-order valence-corrected chi connectivity index (χ0v) is 11.2. The maximum absolute atomic E-state index is 11.4. The van der Waals surface area contributed by atoms with Crippen LogP contribution in [0, 0.1) is 0 Å². The first kappa shape index (κ1) is 11.0. The summed E-state index contributed by atoms with van der Waals surface area (Å²) in [6, 6.07) is 2.08. The molecule has 3 aliphatic heterocycles.